The zero-order chi connectivity index (χ0) is 14.9. The highest BCUT2D eigenvalue weighted by Crippen LogP contribution is 2.48. The van der Waals surface area contributed by atoms with E-state index >= 15 is 0 Å². The summed E-state index contributed by atoms with van der Waals surface area (Å²) >= 11 is 11.7. The third-order valence-electron chi connectivity index (χ3n) is 3.22. The summed E-state index contributed by atoms with van der Waals surface area (Å²) in [6.07, 6.45) is 0.523. The van der Waals surface area contributed by atoms with E-state index in [1.807, 2.05) is 0 Å². The van der Waals surface area contributed by atoms with Crippen LogP contribution in [0.1, 0.15) is 6.42 Å². The fraction of sp³-hybridized carbons (Fsp3) is 0.188. The number of nitriles is 1. The molecule has 0 N–H and O–H groups in total. The Morgan fingerprint density at radius 2 is 1.33 bits per heavy atom. The van der Waals surface area contributed by atoms with Gasteiger partial charge in [0.05, 0.1) is 6.07 Å². The van der Waals surface area contributed by atoms with Gasteiger partial charge in [0.2, 0.25) is 0 Å². The molecule has 0 spiro atoms. The first kappa shape index (κ1) is 14.1. The quantitative estimate of drug-likeness (QED) is 0.767. The molecule has 1 saturated carbocycles. The van der Waals surface area contributed by atoms with E-state index < -0.39 is 5.79 Å². The summed E-state index contributed by atoms with van der Waals surface area (Å²) < 4.78 is 11.7. The molecule has 5 heteroatoms. The van der Waals surface area contributed by atoms with Gasteiger partial charge in [0.15, 0.2) is 0 Å². The Morgan fingerprint density at radius 1 is 0.905 bits per heavy atom. The molecule has 1 aliphatic rings. The van der Waals surface area contributed by atoms with Gasteiger partial charge in [-0.25, -0.2) is 0 Å². The number of benzene rings is 2. The maximum Gasteiger partial charge on any atom is 0.268 e. The average Bonchev–Trinajstić information content (AvgIpc) is 3.17. The third kappa shape index (κ3) is 3.07. The Balaban J connectivity index is 1.79. The van der Waals surface area contributed by atoms with Crippen molar-refractivity contribution in [3.8, 4) is 17.6 Å². The first-order valence-electron chi connectivity index (χ1n) is 6.40. The fourth-order valence-electron chi connectivity index (χ4n) is 2.02. The minimum atomic E-state index is -0.934. The van der Waals surface area contributed by atoms with E-state index in [-0.39, 0.29) is 5.92 Å². The van der Waals surface area contributed by atoms with Crippen molar-refractivity contribution in [2.45, 2.75) is 12.2 Å². The maximum atomic E-state index is 9.13. The van der Waals surface area contributed by atoms with Crippen LogP contribution in [0, 0.1) is 17.2 Å². The Labute approximate surface area is 132 Å². The van der Waals surface area contributed by atoms with Gasteiger partial charge in [0.1, 0.15) is 17.4 Å². The van der Waals surface area contributed by atoms with Crippen LogP contribution in [-0.2, 0) is 0 Å². The van der Waals surface area contributed by atoms with Crippen LogP contribution in [0.4, 0.5) is 0 Å². The molecule has 0 saturated heterocycles. The molecule has 0 radical (unpaired) electrons. The minimum absolute atomic E-state index is 0.302. The van der Waals surface area contributed by atoms with Gasteiger partial charge >= 0.3 is 0 Å². The lowest BCUT2D eigenvalue weighted by Crippen LogP contribution is -2.28. The molecule has 1 unspecified atom stereocenters. The zero-order valence-corrected chi connectivity index (χ0v) is 12.4. The molecule has 3 nitrogen and oxygen atoms in total. The van der Waals surface area contributed by atoms with Crippen LogP contribution in [0.15, 0.2) is 48.5 Å². The van der Waals surface area contributed by atoms with Crippen molar-refractivity contribution < 1.29 is 9.47 Å². The summed E-state index contributed by atoms with van der Waals surface area (Å²) in [5.41, 5.74) is 0. The lowest BCUT2D eigenvalue weighted by Gasteiger charge is -2.20. The summed E-state index contributed by atoms with van der Waals surface area (Å²) in [4.78, 5) is 0. The highest BCUT2D eigenvalue weighted by atomic mass is 35.5. The van der Waals surface area contributed by atoms with Gasteiger partial charge in [0.25, 0.3) is 5.79 Å². The predicted molar refractivity (Wildman–Crippen MR) is 80.6 cm³/mol. The summed E-state index contributed by atoms with van der Waals surface area (Å²) in [7, 11) is 0. The second kappa shape index (κ2) is 5.48. The maximum absolute atomic E-state index is 9.13. The highest BCUT2D eigenvalue weighted by molar-refractivity contribution is 6.30. The molecule has 3 rings (SSSR count). The lowest BCUT2D eigenvalue weighted by molar-refractivity contribution is -0.0297. The van der Waals surface area contributed by atoms with Gasteiger partial charge in [-0.3, -0.25) is 0 Å². The minimum Gasteiger partial charge on any atom is -0.451 e. The first-order valence-corrected chi connectivity index (χ1v) is 7.16. The molecule has 0 amide bonds. The van der Waals surface area contributed by atoms with Crippen molar-refractivity contribution in [1.29, 1.82) is 5.26 Å². The monoisotopic (exact) mass is 319 g/mol. The van der Waals surface area contributed by atoms with E-state index in [1.54, 1.807) is 48.5 Å². The molecule has 2 aromatic carbocycles. The van der Waals surface area contributed by atoms with Gasteiger partial charge in [-0.15, -0.1) is 0 Å². The van der Waals surface area contributed by atoms with Crippen LogP contribution in [-0.4, -0.2) is 5.79 Å². The van der Waals surface area contributed by atoms with E-state index in [1.165, 1.54) is 0 Å². The molecule has 106 valence electrons. The van der Waals surface area contributed by atoms with Crippen molar-refractivity contribution in [3.63, 3.8) is 0 Å². The van der Waals surface area contributed by atoms with Crippen LogP contribution in [0.5, 0.6) is 11.5 Å². The molecule has 0 aliphatic heterocycles. The number of hydrogen-bond acceptors (Lipinski definition) is 3. The topological polar surface area (TPSA) is 42.2 Å². The Hall–Kier alpha value is -1.89. The zero-order valence-electron chi connectivity index (χ0n) is 10.9. The summed E-state index contributed by atoms with van der Waals surface area (Å²) in [6, 6.07) is 16.1. The van der Waals surface area contributed by atoms with Gasteiger partial charge in [-0.2, -0.15) is 5.26 Å². The van der Waals surface area contributed by atoms with Crippen LogP contribution < -0.4 is 9.47 Å². The van der Waals surface area contributed by atoms with E-state index in [2.05, 4.69) is 6.07 Å². The normalized spacial score (nSPS) is 18.6. The number of ether oxygens (including phenoxy) is 2. The van der Waals surface area contributed by atoms with Crippen molar-refractivity contribution in [2.75, 3.05) is 0 Å². The van der Waals surface area contributed by atoms with Crippen molar-refractivity contribution >= 4 is 23.2 Å². The summed E-state index contributed by atoms with van der Waals surface area (Å²) in [5, 5.41) is 10.4. The number of nitrogens with zero attached hydrogens (tertiary/aromatic N) is 1. The molecule has 0 bridgehead atoms. The molecule has 0 aromatic heterocycles. The second-order valence-electron chi connectivity index (χ2n) is 4.81. The van der Waals surface area contributed by atoms with Gasteiger partial charge < -0.3 is 9.47 Å². The Morgan fingerprint density at radius 3 is 1.67 bits per heavy atom. The fourth-order valence-corrected chi connectivity index (χ4v) is 2.27. The van der Waals surface area contributed by atoms with Gasteiger partial charge in [-0.05, 0) is 48.5 Å². The van der Waals surface area contributed by atoms with E-state index in [0.717, 1.165) is 0 Å². The van der Waals surface area contributed by atoms with Crippen LogP contribution in [0.3, 0.4) is 0 Å². The molecule has 0 heterocycles. The SMILES string of the molecule is N#CC1CC1(Oc1ccc(Cl)cc1)Oc1ccc(Cl)cc1. The Bertz CT molecular complexity index is 629. The van der Waals surface area contributed by atoms with Crippen LogP contribution in [0.2, 0.25) is 10.0 Å². The second-order valence-corrected chi connectivity index (χ2v) is 5.68. The van der Waals surface area contributed by atoms with Crippen LogP contribution in [0.25, 0.3) is 0 Å². The Kier molecular flexibility index (Phi) is 3.67. The number of halogens is 2. The molecule has 1 atom stereocenters. The van der Waals surface area contributed by atoms with E-state index in [9.17, 15) is 0 Å². The smallest absolute Gasteiger partial charge is 0.268 e. The van der Waals surface area contributed by atoms with Gasteiger partial charge in [0, 0.05) is 16.5 Å². The van der Waals surface area contributed by atoms with Crippen molar-refractivity contribution in [1.82, 2.24) is 0 Å². The summed E-state index contributed by atoms with van der Waals surface area (Å²) in [6.45, 7) is 0. The molecular formula is C16H11Cl2NO2. The van der Waals surface area contributed by atoms with Gasteiger partial charge in [-0.1, -0.05) is 23.2 Å². The number of rotatable bonds is 4. The van der Waals surface area contributed by atoms with Crippen molar-refractivity contribution in [2.24, 2.45) is 5.92 Å². The first-order chi connectivity index (χ1) is 10.1. The standard InChI is InChI=1S/C16H11Cl2NO2/c17-12-1-5-14(6-2-12)20-16(9-11(16)10-19)21-15-7-3-13(18)4-8-15/h1-8,11H,9H2. The predicted octanol–water partition coefficient (Wildman–Crippen LogP) is 4.69. The average molecular weight is 320 g/mol. The number of hydrogen-bond donors (Lipinski definition) is 0. The molecular weight excluding hydrogens is 309 g/mol. The third-order valence-corrected chi connectivity index (χ3v) is 3.73. The van der Waals surface area contributed by atoms with E-state index in [0.29, 0.717) is 28.0 Å². The molecule has 2 aromatic rings. The molecule has 21 heavy (non-hydrogen) atoms. The van der Waals surface area contributed by atoms with Crippen LogP contribution >= 0.6 is 23.2 Å². The highest BCUT2D eigenvalue weighted by Gasteiger charge is 2.61. The molecule has 1 aliphatic carbocycles. The largest absolute Gasteiger partial charge is 0.451 e. The molecule has 1 fully saturated rings. The van der Waals surface area contributed by atoms with E-state index in [4.69, 9.17) is 37.9 Å². The lowest BCUT2D eigenvalue weighted by atomic mass is 10.3. The summed E-state index contributed by atoms with van der Waals surface area (Å²) in [5.74, 6) is -0.00256. The van der Waals surface area contributed by atoms with Crippen molar-refractivity contribution in [3.05, 3.63) is 58.6 Å².